The van der Waals surface area contributed by atoms with Gasteiger partial charge in [0.2, 0.25) is 5.89 Å². The van der Waals surface area contributed by atoms with Crippen molar-refractivity contribution in [1.82, 2.24) is 15.0 Å². The summed E-state index contributed by atoms with van der Waals surface area (Å²) in [5, 5.41) is 1.22. The molecule has 3 aromatic heterocycles. The Morgan fingerprint density at radius 3 is 2.88 bits per heavy atom. The van der Waals surface area contributed by atoms with Crippen molar-refractivity contribution in [3.05, 3.63) is 59.1 Å². The highest BCUT2D eigenvalue weighted by Gasteiger charge is 2.14. The summed E-state index contributed by atoms with van der Waals surface area (Å²) in [5.41, 5.74) is 2.99. The van der Waals surface area contributed by atoms with Gasteiger partial charge in [-0.2, -0.15) is 4.98 Å². The number of fused-ring (bicyclic) bond motifs is 1. The van der Waals surface area contributed by atoms with E-state index in [9.17, 15) is 0 Å². The van der Waals surface area contributed by atoms with E-state index in [2.05, 4.69) is 15.0 Å². The number of nitrogens with zero attached hydrogens (tertiary/aromatic N) is 3. The van der Waals surface area contributed by atoms with Crippen LogP contribution in [0.4, 0.5) is 0 Å². The van der Waals surface area contributed by atoms with E-state index in [1.807, 2.05) is 43.3 Å². The number of benzene rings is 1. The molecule has 4 aromatic rings. The molecule has 0 bridgehead atoms. The normalized spacial score (nSPS) is 11.2. The number of aryl methyl sites for hydroxylation is 1. The molecule has 0 aliphatic heterocycles. The zero-order chi connectivity index (χ0) is 16.5. The fourth-order valence-corrected chi connectivity index (χ4v) is 3.27. The molecule has 0 radical (unpaired) electrons. The summed E-state index contributed by atoms with van der Waals surface area (Å²) < 4.78 is 11.4. The Hall–Kier alpha value is -2.31. The van der Waals surface area contributed by atoms with Crippen LogP contribution < -0.4 is 0 Å². The van der Waals surface area contributed by atoms with Crippen molar-refractivity contribution in [2.45, 2.75) is 17.9 Å². The Labute approximate surface area is 147 Å². The molecule has 0 saturated heterocycles. The lowest BCUT2D eigenvalue weighted by molar-refractivity contribution is 0.489. The molecule has 0 amide bonds. The van der Waals surface area contributed by atoms with Gasteiger partial charge in [-0.1, -0.05) is 29.4 Å². The van der Waals surface area contributed by atoms with Crippen LogP contribution in [-0.2, 0) is 5.75 Å². The monoisotopic (exact) mass is 357 g/mol. The predicted octanol–water partition coefficient (Wildman–Crippen LogP) is 5.13. The molecule has 0 saturated carbocycles. The van der Waals surface area contributed by atoms with Gasteiger partial charge < -0.3 is 8.83 Å². The molecule has 0 spiro atoms. The fraction of sp³-hybridized carbons (Fsp3) is 0.118. The molecule has 0 aliphatic carbocycles. The Morgan fingerprint density at radius 2 is 2.04 bits per heavy atom. The van der Waals surface area contributed by atoms with Crippen molar-refractivity contribution in [3.8, 4) is 11.5 Å². The first-order valence-electron chi connectivity index (χ1n) is 7.25. The second-order valence-corrected chi connectivity index (χ2v) is 6.49. The van der Waals surface area contributed by atoms with E-state index in [4.69, 9.17) is 20.4 Å². The smallest absolute Gasteiger partial charge is 0.258 e. The van der Waals surface area contributed by atoms with Crippen LogP contribution in [0.1, 0.15) is 11.5 Å². The van der Waals surface area contributed by atoms with Gasteiger partial charge in [-0.15, -0.1) is 0 Å². The molecule has 5 nitrogen and oxygen atoms in total. The standard InChI is InChI=1S/C17H12ClN3O2S/c1-10-13(20-16(22-10)11-4-2-5-12(18)8-11)9-24-17-21-15-14(23-17)6-3-7-19-15/h2-8H,9H2,1H3. The maximum absolute atomic E-state index is 6.02. The summed E-state index contributed by atoms with van der Waals surface area (Å²) >= 11 is 7.48. The molecule has 1 aromatic carbocycles. The van der Waals surface area contributed by atoms with Crippen LogP contribution in [0.3, 0.4) is 0 Å². The lowest BCUT2D eigenvalue weighted by atomic mass is 10.2. The molecule has 0 N–H and O–H groups in total. The first-order chi connectivity index (χ1) is 11.7. The highest BCUT2D eigenvalue weighted by molar-refractivity contribution is 7.98. The molecule has 0 fully saturated rings. The van der Waals surface area contributed by atoms with Crippen molar-refractivity contribution < 1.29 is 8.83 Å². The third-order valence-corrected chi connectivity index (χ3v) is 4.52. The maximum atomic E-state index is 6.02. The molecule has 0 aliphatic rings. The lowest BCUT2D eigenvalue weighted by Gasteiger charge is -1.95. The van der Waals surface area contributed by atoms with Gasteiger partial charge in [-0.05, 0) is 37.3 Å². The summed E-state index contributed by atoms with van der Waals surface area (Å²) in [7, 11) is 0. The second-order valence-electron chi connectivity index (χ2n) is 5.13. The van der Waals surface area contributed by atoms with E-state index in [-0.39, 0.29) is 0 Å². The highest BCUT2D eigenvalue weighted by atomic mass is 35.5. The van der Waals surface area contributed by atoms with Gasteiger partial charge in [0.1, 0.15) is 5.76 Å². The van der Waals surface area contributed by atoms with E-state index in [1.165, 1.54) is 11.8 Å². The summed E-state index contributed by atoms with van der Waals surface area (Å²) in [6.07, 6.45) is 1.69. The molecular formula is C17H12ClN3O2S. The molecular weight excluding hydrogens is 346 g/mol. The molecule has 7 heteroatoms. The zero-order valence-electron chi connectivity index (χ0n) is 12.7. The number of rotatable bonds is 4. The molecule has 0 atom stereocenters. The third-order valence-electron chi connectivity index (χ3n) is 3.44. The van der Waals surface area contributed by atoms with Crippen LogP contribution in [0.25, 0.3) is 22.7 Å². The quantitative estimate of drug-likeness (QED) is 0.471. The van der Waals surface area contributed by atoms with Crippen LogP contribution in [0, 0.1) is 6.92 Å². The van der Waals surface area contributed by atoms with E-state index in [0.29, 0.717) is 33.1 Å². The van der Waals surface area contributed by atoms with Crippen LogP contribution >= 0.6 is 23.4 Å². The van der Waals surface area contributed by atoms with Crippen molar-refractivity contribution in [1.29, 1.82) is 0 Å². The number of hydrogen-bond donors (Lipinski definition) is 0. The Bertz CT molecular complexity index is 979. The number of thioether (sulfide) groups is 1. The fourth-order valence-electron chi connectivity index (χ4n) is 2.25. The molecule has 3 heterocycles. The Kier molecular flexibility index (Phi) is 4.00. The number of oxazole rings is 2. The predicted molar refractivity (Wildman–Crippen MR) is 93.1 cm³/mol. The SMILES string of the molecule is Cc1oc(-c2cccc(Cl)c2)nc1CSc1nc2ncccc2o1. The summed E-state index contributed by atoms with van der Waals surface area (Å²) in [6, 6.07) is 11.1. The third kappa shape index (κ3) is 3.02. The van der Waals surface area contributed by atoms with Gasteiger partial charge in [0.25, 0.3) is 5.22 Å². The van der Waals surface area contributed by atoms with Crippen molar-refractivity contribution >= 4 is 34.6 Å². The zero-order valence-corrected chi connectivity index (χ0v) is 14.3. The second kappa shape index (κ2) is 6.30. The van der Waals surface area contributed by atoms with E-state index in [0.717, 1.165) is 17.0 Å². The number of halogens is 1. The minimum Gasteiger partial charge on any atom is -0.441 e. The first-order valence-corrected chi connectivity index (χ1v) is 8.62. The largest absolute Gasteiger partial charge is 0.441 e. The van der Waals surface area contributed by atoms with Gasteiger partial charge in [-0.25, -0.2) is 9.97 Å². The Balaban J connectivity index is 1.54. The van der Waals surface area contributed by atoms with Crippen LogP contribution in [0.5, 0.6) is 0 Å². The van der Waals surface area contributed by atoms with Crippen LogP contribution in [0.15, 0.2) is 56.7 Å². The summed E-state index contributed by atoms with van der Waals surface area (Å²) in [5.74, 6) is 1.93. The van der Waals surface area contributed by atoms with Crippen molar-refractivity contribution in [2.24, 2.45) is 0 Å². The van der Waals surface area contributed by atoms with E-state index >= 15 is 0 Å². The van der Waals surface area contributed by atoms with Crippen molar-refractivity contribution in [3.63, 3.8) is 0 Å². The minimum atomic E-state index is 0.560. The summed E-state index contributed by atoms with van der Waals surface area (Å²) in [6.45, 7) is 1.89. The van der Waals surface area contributed by atoms with Gasteiger partial charge in [0, 0.05) is 22.5 Å². The first kappa shape index (κ1) is 15.2. The van der Waals surface area contributed by atoms with Gasteiger partial charge in [0.05, 0.1) is 5.69 Å². The maximum Gasteiger partial charge on any atom is 0.258 e. The van der Waals surface area contributed by atoms with Crippen LogP contribution in [-0.4, -0.2) is 15.0 Å². The Morgan fingerprint density at radius 1 is 1.12 bits per heavy atom. The molecule has 120 valence electrons. The number of pyridine rings is 1. The number of aromatic nitrogens is 3. The molecule has 0 unspecified atom stereocenters. The average Bonchev–Trinajstić information content (AvgIpc) is 3.16. The lowest BCUT2D eigenvalue weighted by Crippen LogP contribution is -1.85. The highest BCUT2D eigenvalue weighted by Crippen LogP contribution is 2.29. The van der Waals surface area contributed by atoms with E-state index < -0.39 is 0 Å². The molecule has 24 heavy (non-hydrogen) atoms. The van der Waals surface area contributed by atoms with Crippen LogP contribution in [0.2, 0.25) is 5.02 Å². The topological polar surface area (TPSA) is 65.0 Å². The van der Waals surface area contributed by atoms with Gasteiger partial charge in [-0.3, -0.25) is 0 Å². The summed E-state index contributed by atoms with van der Waals surface area (Å²) in [4.78, 5) is 13.1. The van der Waals surface area contributed by atoms with E-state index in [1.54, 1.807) is 6.20 Å². The van der Waals surface area contributed by atoms with Crippen molar-refractivity contribution in [2.75, 3.05) is 0 Å². The van der Waals surface area contributed by atoms with Gasteiger partial charge in [0.15, 0.2) is 11.2 Å². The minimum absolute atomic E-state index is 0.560. The molecule has 4 rings (SSSR count). The number of hydrogen-bond acceptors (Lipinski definition) is 6. The van der Waals surface area contributed by atoms with Gasteiger partial charge >= 0.3 is 0 Å². The average molecular weight is 358 g/mol.